The summed E-state index contributed by atoms with van der Waals surface area (Å²) in [5, 5.41) is 1.31. The standard InChI is InChI=1S/C11H18Br4ClO4P/c1-8(4-9(14)6-12)11(2-3-16,5-10(15)7-13)20-21(17,18)19/h9-10H,1-7H2,(H2,17,18,19). The molecule has 0 heterocycles. The molecule has 10 heteroatoms. The molecule has 0 aromatic rings. The van der Waals surface area contributed by atoms with E-state index in [2.05, 4.69) is 70.3 Å². The minimum atomic E-state index is -4.67. The molecule has 0 radical (unpaired) electrons. The Morgan fingerprint density at radius 2 is 1.81 bits per heavy atom. The van der Waals surface area contributed by atoms with E-state index >= 15 is 0 Å². The zero-order valence-corrected chi connectivity index (χ0v) is 19.1. The normalized spacial score (nSPS) is 18.0. The molecule has 0 aromatic carbocycles. The maximum absolute atomic E-state index is 11.4. The third-order valence-corrected chi connectivity index (χ3v) is 8.16. The molecule has 126 valence electrons. The van der Waals surface area contributed by atoms with E-state index in [9.17, 15) is 14.4 Å². The number of halogens is 5. The largest absolute Gasteiger partial charge is 0.470 e. The second kappa shape index (κ2) is 10.8. The van der Waals surface area contributed by atoms with Crippen molar-refractivity contribution in [1.29, 1.82) is 0 Å². The second-order valence-electron chi connectivity index (χ2n) is 4.53. The fourth-order valence-corrected chi connectivity index (χ4v) is 4.30. The number of phosphoric ester groups is 1. The number of hydrogen-bond donors (Lipinski definition) is 2. The summed E-state index contributed by atoms with van der Waals surface area (Å²) in [6, 6.07) is 0. The van der Waals surface area contributed by atoms with Gasteiger partial charge in [0, 0.05) is 26.2 Å². The molecule has 0 aliphatic heterocycles. The van der Waals surface area contributed by atoms with Crippen LogP contribution in [0.1, 0.15) is 19.3 Å². The van der Waals surface area contributed by atoms with E-state index in [0.29, 0.717) is 29.1 Å². The Morgan fingerprint density at radius 3 is 2.19 bits per heavy atom. The minimum Gasteiger partial charge on any atom is -0.303 e. The minimum absolute atomic E-state index is 0.0261. The van der Waals surface area contributed by atoms with E-state index in [1.807, 2.05) is 0 Å². The van der Waals surface area contributed by atoms with E-state index in [0.717, 1.165) is 0 Å². The number of alkyl halides is 5. The summed E-state index contributed by atoms with van der Waals surface area (Å²) in [6.07, 6.45) is 1.15. The number of rotatable bonds is 11. The molecular weight excluding hydrogens is 582 g/mol. The molecule has 21 heavy (non-hydrogen) atoms. The molecule has 0 spiro atoms. The highest BCUT2D eigenvalue weighted by atomic mass is 79.9. The highest BCUT2D eigenvalue weighted by molar-refractivity contribution is 9.12. The molecule has 3 unspecified atom stereocenters. The van der Waals surface area contributed by atoms with Crippen LogP contribution in [-0.4, -0.2) is 41.6 Å². The Bertz CT molecular complexity index is 381. The monoisotopic (exact) mass is 596 g/mol. The van der Waals surface area contributed by atoms with Crippen LogP contribution in [0.25, 0.3) is 0 Å². The first-order valence-electron chi connectivity index (χ1n) is 6.00. The van der Waals surface area contributed by atoms with Crippen molar-refractivity contribution in [2.45, 2.75) is 34.5 Å². The molecule has 0 fully saturated rings. The van der Waals surface area contributed by atoms with Crippen LogP contribution in [0.15, 0.2) is 12.2 Å². The fraction of sp³-hybridized carbons (Fsp3) is 0.818. The molecule has 4 nitrogen and oxygen atoms in total. The average molecular weight is 600 g/mol. The lowest BCUT2D eigenvalue weighted by atomic mass is 9.85. The van der Waals surface area contributed by atoms with Crippen LogP contribution in [0.5, 0.6) is 0 Å². The van der Waals surface area contributed by atoms with Gasteiger partial charge in [0.2, 0.25) is 0 Å². The first-order valence-corrected chi connectivity index (χ1v) is 12.1. The lowest BCUT2D eigenvalue weighted by Crippen LogP contribution is -2.38. The van der Waals surface area contributed by atoms with Crippen molar-refractivity contribution in [3.8, 4) is 0 Å². The molecule has 0 bridgehead atoms. The highest BCUT2D eigenvalue weighted by Gasteiger charge is 2.41. The number of hydrogen-bond acceptors (Lipinski definition) is 2. The van der Waals surface area contributed by atoms with Crippen LogP contribution in [0.3, 0.4) is 0 Å². The van der Waals surface area contributed by atoms with Crippen molar-refractivity contribution >= 4 is 83.1 Å². The zero-order chi connectivity index (χ0) is 16.7. The smallest absolute Gasteiger partial charge is 0.303 e. The maximum Gasteiger partial charge on any atom is 0.470 e. The first-order chi connectivity index (χ1) is 9.60. The van der Waals surface area contributed by atoms with Crippen LogP contribution in [-0.2, 0) is 9.09 Å². The first kappa shape index (κ1) is 23.1. The highest BCUT2D eigenvalue weighted by Crippen LogP contribution is 2.49. The van der Waals surface area contributed by atoms with Gasteiger partial charge in [-0.15, -0.1) is 11.6 Å². The summed E-state index contributed by atoms with van der Waals surface area (Å²) >= 11 is 19.4. The molecule has 3 atom stereocenters. The van der Waals surface area contributed by atoms with Crippen molar-refractivity contribution in [1.82, 2.24) is 0 Å². The third-order valence-electron chi connectivity index (χ3n) is 2.79. The molecule has 0 saturated heterocycles. The quantitative estimate of drug-likeness (QED) is 0.197. The van der Waals surface area contributed by atoms with Crippen LogP contribution in [0, 0.1) is 0 Å². The van der Waals surface area contributed by atoms with Crippen LogP contribution < -0.4 is 0 Å². The van der Waals surface area contributed by atoms with E-state index in [4.69, 9.17) is 16.1 Å². The van der Waals surface area contributed by atoms with Crippen LogP contribution >= 0.6 is 83.1 Å². The van der Waals surface area contributed by atoms with E-state index in [1.54, 1.807) is 0 Å². The molecule has 0 saturated carbocycles. The predicted molar refractivity (Wildman–Crippen MR) is 103 cm³/mol. The van der Waals surface area contributed by atoms with Gasteiger partial charge in [-0.25, -0.2) is 4.57 Å². The summed E-state index contributed by atoms with van der Waals surface area (Å²) in [4.78, 5) is 18.6. The summed E-state index contributed by atoms with van der Waals surface area (Å²) in [5.41, 5.74) is -0.560. The molecule has 0 aliphatic rings. The Hall–Kier alpha value is 2.06. The molecule has 0 amide bonds. The topological polar surface area (TPSA) is 66.8 Å². The van der Waals surface area contributed by atoms with Gasteiger partial charge in [0.05, 0.1) is 0 Å². The van der Waals surface area contributed by atoms with Gasteiger partial charge in [0.25, 0.3) is 0 Å². The summed E-state index contributed by atoms with van der Waals surface area (Å²) in [5.74, 6) is 0.211. The van der Waals surface area contributed by atoms with Gasteiger partial charge in [0.15, 0.2) is 0 Å². The summed E-state index contributed by atoms with van der Waals surface area (Å²) < 4.78 is 16.5. The van der Waals surface area contributed by atoms with Gasteiger partial charge < -0.3 is 9.79 Å². The fourth-order valence-electron chi connectivity index (χ4n) is 1.87. The zero-order valence-electron chi connectivity index (χ0n) is 11.2. The third kappa shape index (κ3) is 9.20. The van der Waals surface area contributed by atoms with Crippen molar-refractivity contribution in [3.63, 3.8) is 0 Å². The van der Waals surface area contributed by atoms with E-state index in [1.165, 1.54) is 0 Å². The van der Waals surface area contributed by atoms with Gasteiger partial charge in [-0.05, 0) is 24.8 Å². The van der Waals surface area contributed by atoms with Crippen molar-refractivity contribution in [2.75, 3.05) is 16.5 Å². The lowest BCUT2D eigenvalue weighted by Gasteiger charge is -2.37. The van der Waals surface area contributed by atoms with Gasteiger partial charge >= 0.3 is 7.82 Å². The molecule has 0 aliphatic carbocycles. The molecule has 0 aromatic heterocycles. The molecule has 2 N–H and O–H groups in total. The van der Waals surface area contributed by atoms with Gasteiger partial charge in [-0.1, -0.05) is 70.3 Å². The van der Waals surface area contributed by atoms with Crippen molar-refractivity contribution in [2.24, 2.45) is 0 Å². The van der Waals surface area contributed by atoms with Gasteiger partial charge in [0.1, 0.15) is 5.60 Å². The van der Waals surface area contributed by atoms with Crippen molar-refractivity contribution < 1.29 is 18.9 Å². The molecule has 0 rings (SSSR count). The summed E-state index contributed by atoms with van der Waals surface area (Å²) in [7, 11) is -4.67. The Morgan fingerprint density at radius 1 is 1.29 bits per heavy atom. The van der Waals surface area contributed by atoms with Gasteiger partial charge in [-0.3, -0.25) is 4.52 Å². The predicted octanol–water partition coefficient (Wildman–Crippen LogP) is 5.12. The SMILES string of the molecule is C=C(CC(Br)CBr)C(CCCl)(CC(Br)CBr)OP(=O)(O)O. The average Bonchev–Trinajstić information content (AvgIpc) is 2.36. The Balaban J connectivity index is 5.43. The number of phosphoric acid groups is 1. The van der Waals surface area contributed by atoms with Crippen LogP contribution in [0.4, 0.5) is 0 Å². The Kier molecular flexibility index (Phi) is 11.9. The van der Waals surface area contributed by atoms with Gasteiger partial charge in [-0.2, -0.15) is 0 Å². The molecular formula is C11H18Br4ClO4P. The Labute approximate surface area is 164 Å². The van der Waals surface area contributed by atoms with Crippen LogP contribution in [0.2, 0.25) is 0 Å². The van der Waals surface area contributed by atoms with E-state index < -0.39 is 13.4 Å². The lowest BCUT2D eigenvalue weighted by molar-refractivity contribution is 0.0530. The maximum atomic E-state index is 11.4. The summed E-state index contributed by atoms with van der Waals surface area (Å²) in [6.45, 7) is 3.99. The van der Waals surface area contributed by atoms with Crippen molar-refractivity contribution in [3.05, 3.63) is 12.2 Å². The second-order valence-corrected chi connectivity index (χ2v) is 9.96. The van der Waals surface area contributed by atoms with E-state index in [-0.39, 0.29) is 22.0 Å².